The standard InChI is InChI=1S/C18H14F2N2O3S/c1-24-14-7-6-10(8-15(14)25-2)18-22-13(9-26-18)17(23)21-12-5-3-4-11(19)16(12)20/h3-9H,1-2H3,(H,21,23). The summed E-state index contributed by atoms with van der Waals surface area (Å²) in [4.78, 5) is 16.5. The number of anilines is 1. The van der Waals surface area contributed by atoms with Crippen molar-refractivity contribution >= 4 is 22.9 Å². The molecule has 3 rings (SSSR count). The minimum atomic E-state index is -1.11. The van der Waals surface area contributed by atoms with Crippen LogP contribution in [0.1, 0.15) is 10.5 Å². The molecule has 1 aromatic heterocycles. The first-order valence-electron chi connectivity index (χ1n) is 7.46. The summed E-state index contributed by atoms with van der Waals surface area (Å²) in [6, 6.07) is 8.82. The second kappa shape index (κ2) is 7.49. The van der Waals surface area contributed by atoms with Crippen molar-refractivity contribution in [1.82, 2.24) is 4.98 Å². The van der Waals surface area contributed by atoms with E-state index in [4.69, 9.17) is 9.47 Å². The van der Waals surface area contributed by atoms with Gasteiger partial charge in [-0.3, -0.25) is 4.79 Å². The zero-order chi connectivity index (χ0) is 18.7. The van der Waals surface area contributed by atoms with Gasteiger partial charge in [-0.15, -0.1) is 11.3 Å². The fourth-order valence-corrected chi connectivity index (χ4v) is 3.06. The van der Waals surface area contributed by atoms with Gasteiger partial charge in [0.1, 0.15) is 10.7 Å². The molecule has 0 radical (unpaired) electrons. The number of methoxy groups -OCH3 is 2. The van der Waals surface area contributed by atoms with Crippen molar-refractivity contribution < 1.29 is 23.0 Å². The molecule has 0 atom stereocenters. The van der Waals surface area contributed by atoms with Gasteiger partial charge < -0.3 is 14.8 Å². The van der Waals surface area contributed by atoms with Gasteiger partial charge in [-0.05, 0) is 30.3 Å². The van der Waals surface area contributed by atoms with E-state index < -0.39 is 17.5 Å². The molecule has 0 aliphatic carbocycles. The number of ether oxygens (including phenoxy) is 2. The summed E-state index contributed by atoms with van der Waals surface area (Å²) < 4.78 is 37.3. The van der Waals surface area contributed by atoms with E-state index >= 15 is 0 Å². The molecule has 0 unspecified atom stereocenters. The molecule has 1 N–H and O–H groups in total. The highest BCUT2D eigenvalue weighted by Crippen LogP contribution is 2.33. The Bertz CT molecular complexity index is 959. The molecule has 26 heavy (non-hydrogen) atoms. The van der Waals surface area contributed by atoms with E-state index in [9.17, 15) is 13.6 Å². The van der Waals surface area contributed by atoms with E-state index in [1.165, 1.54) is 37.7 Å². The molecule has 0 spiro atoms. The number of carbonyl (C=O) groups is 1. The Kier molecular flexibility index (Phi) is 5.13. The summed E-state index contributed by atoms with van der Waals surface area (Å²) in [5.41, 5.74) is 0.600. The Morgan fingerprint density at radius 3 is 2.62 bits per heavy atom. The Labute approximate surface area is 152 Å². The quantitative estimate of drug-likeness (QED) is 0.719. The Morgan fingerprint density at radius 2 is 1.88 bits per heavy atom. The molecule has 0 aliphatic rings. The number of carbonyl (C=O) groups excluding carboxylic acids is 1. The molecule has 3 aromatic rings. The normalized spacial score (nSPS) is 10.5. The van der Waals surface area contributed by atoms with Crippen LogP contribution in [-0.2, 0) is 0 Å². The predicted molar refractivity (Wildman–Crippen MR) is 95.0 cm³/mol. The highest BCUT2D eigenvalue weighted by atomic mass is 32.1. The lowest BCUT2D eigenvalue weighted by molar-refractivity contribution is 0.102. The number of halogens is 2. The number of amides is 1. The van der Waals surface area contributed by atoms with Crippen LogP contribution >= 0.6 is 11.3 Å². The van der Waals surface area contributed by atoms with Crippen LogP contribution in [0.2, 0.25) is 0 Å². The van der Waals surface area contributed by atoms with Gasteiger partial charge in [0.05, 0.1) is 19.9 Å². The van der Waals surface area contributed by atoms with E-state index in [1.54, 1.807) is 23.6 Å². The van der Waals surface area contributed by atoms with Crippen molar-refractivity contribution in [3.63, 3.8) is 0 Å². The molecule has 0 aliphatic heterocycles. The first kappa shape index (κ1) is 17.8. The zero-order valence-electron chi connectivity index (χ0n) is 13.9. The third kappa shape index (κ3) is 3.50. The molecule has 0 saturated heterocycles. The van der Waals surface area contributed by atoms with Crippen LogP contribution in [-0.4, -0.2) is 25.1 Å². The Hall–Kier alpha value is -3.00. The van der Waals surface area contributed by atoms with Crippen molar-refractivity contribution in [2.24, 2.45) is 0 Å². The summed E-state index contributed by atoms with van der Waals surface area (Å²) in [5.74, 6) is -1.67. The number of benzene rings is 2. The summed E-state index contributed by atoms with van der Waals surface area (Å²) in [6.07, 6.45) is 0. The lowest BCUT2D eigenvalue weighted by atomic mass is 10.2. The fourth-order valence-electron chi connectivity index (χ4n) is 2.27. The predicted octanol–water partition coefficient (Wildman–Crippen LogP) is 4.36. The molecule has 134 valence electrons. The van der Waals surface area contributed by atoms with Crippen molar-refractivity contribution in [2.45, 2.75) is 0 Å². The van der Waals surface area contributed by atoms with Crippen molar-refractivity contribution in [3.05, 3.63) is 59.1 Å². The van der Waals surface area contributed by atoms with Gasteiger partial charge in [0.2, 0.25) is 0 Å². The minimum absolute atomic E-state index is 0.100. The van der Waals surface area contributed by atoms with E-state index in [0.717, 1.165) is 11.6 Å². The van der Waals surface area contributed by atoms with Crippen LogP contribution in [0.15, 0.2) is 41.8 Å². The van der Waals surface area contributed by atoms with Crippen LogP contribution in [0, 0.1) is 11.6 Å². The number of nitrogens with zero attached hydrogens (tertiary/aromatic N) is 1. The maximum Gasteiger partial charge on any atom is 0.275 e. The summed E-state index contributed by atoms with van der Waals surface area (Å²) in [5, 5.41) is 4.44. The zero-order valence-corrected chi connectivity index (χ0v) is 14.7. The van der Waals surface area contributed by atoms with Gasteiger partial charge in [-0.2, -0.15) is 0 Å². The van der Waals surface area contributed by atoms with Gasteiger partial charge in [-0.1, -0.05) is 6.07 Å². The van der Waals surface area contributed by atoms with Crippen molar-refractivity contribution in [3.8, 4) is 22.1 Å². The van der Waals surface area contributed by atoms with E-state index in [-0.39, 0.29) is 11.4 Å². The molecule has 0 fully saturated rings. The molecule has 1 heterocycles. The van der Waals surface area contributed by atoms with Gasteiger partial charge in [0.25, 0.3) is 5.91 Å². The average molecular weight is 376 g/mol. The van der Waals surface area contributed by atoms with Crippen LogP contribution in [0.3, 0.4) is 0 Å². The number of aromatic nitrogens is 1. The van der Waals surface area contributed by atoms with E-state index in [1.807, 2.05) is 0 Å². The first-order valence-corrected chi connectivity index (χ1v) is 8.34. The van der Waals surface area contributed by atoms with E-state index in [0.29, 0.717) is 16.5 Å². The molecular formula is C18H14F2N2O3S. The first-order chi connectivity index (χ1) is 12.5. The SMILES string of the molecule is COc1ccc(-c2nc(C(=O)Nc3cccc(F)c3F)cs2)cc1OC. The van der Waals surface area contributed by atoms with Crippen molar-refractivity contribution in [2.75, 3.05) is 19.5 Å². The van der Waals surface area contributed by atoms with Gasteiger partial charge in [0.15, 0.2) is 23.1 Å². The number of rotatable bonds is 5. The second-order valence-electron chi connectivity index (χ2n) is 5.16. The maximum atomic E-state index is 13.7. The maximum absolute atomic E-state index is 13.7. The van der Waals surface area contributed by atoms with Crippen LogP contribution in [0.4, 0.5) is 14.5 Å². The lowest BCUT2D eigenvalue weighted by Gasteiger charge is -2.08. The summed E-state index contributed by atoms with van der Waals surface area (Å²) in [7, 11) is 3.06. The highest BCUT2D eigenvalue weighted by molar-refractivity contribution is 7.13. The summed E-state index contributed by atoms with van der Waals surface area (Å²) in [6.45, 7) is 0. The Morgan fingerprint density at radius 1 is 1.12 bits per heavy atom. The van der Waals surface area contributed by atoms with Crippen LogP contribution in [0.5, 0.6) is 11.5 Å². The van der Waals surface area contributed by atoms with Gasteiger partial charge in [-0.25, -0.2) is 13.8 Å². The molecule has 8 heteroatoms. The summed E-state index contributed by atoms with van der Waals surface area (Å²) >= 11 is 1.25. The smallest absolute Gasteiger partial charge is 0.275 e. The molecule has 2 aromatic carbocycles. The van der Waals surface area contributed by atoms with Crippen molar-refractivity contribution in [1.29, 1.82) is 0 Å². The Balaban J connectivity index is 1.83. The third-order valence-corrected chi connectivity index (χ3v) is 4.46. The number of hydrogen-bond acceptors (Lipinski definition) is 5. The second-order valence-corrected chi connectivity index (χ2v) is 6.02. The average Bonchev–Trinajstić information content (AvgIpc) is 3.15. The number of hydrogen-bond donors (Lipinski definition) is 1. The number of thiazole rings is 1. The van der Waals surface area contributed by atoms with Crippen LogP contribution < -0.4 is 14.8 Å². The lowest BCUT2D eigenvalue weighted by Crippen LogP contribution is -2.13. The topological polar surface area (TPSA) is 60.5 Å². The van der Waals surface area contributed by atoms with Gasteiger partial charge >= 0.3 is 0 Å². The monoisotopic (exact) mass is 376 g/mol. The van der Waals surface area contributed by atoms with E-state index in [2.05, 4.69) is 10.3 Å². The van der Waals surface area contributed by atoms with Crippen LogP contribution in [0.25, 0.3) is 10.6 Å². The minimum Gasteiger partial charge on any atom is -0.493 e. The van der Waals surface area contributed by atoms with Gasteiger partial charge in [0, 0.05) is 10.9 Å². The molecule has 0 bridgehead atoms. The highest BCUT2D eigenvalue weighted by Gasteiger charge is 2.16. The molecule has 0 saturated carbocycles. The third-order valence-electron chi connectivity index (χ3n) is 3.57. The largest absolute Gasteiger partial charge is 0.493 e. The number of nitrogens with one attached hydrogen (secondary N) is 1. The molecule has 1 amide bonds. The fraction of sp³-hybridized carbons (Fsp3) is 0.111. The molecular weight excluding hydrogens is 362 g/mol. The molecule has 5 nitrogen and oxygen atoms in total.